The molecule has 1 saturated heterocycles. The summed E-state index contributed by atoms with van der Waals surface area (Å²) in [5.74, 6) is -1.30. The molecule has 2 heterocycles. The van der Waals surface area contributed by atoms with Crippen molar-refractivity contribution < 1.29 is 19.8 Å². The van der Waals surface area contributed by atoms with E-state index < -0.39 is 11.6 Å². The topological polar surface area (TPSA) is 82.8 Å². The molecule has 2 N–H and O–H groups in total. The molecular weight excluding hydrogens is 272 g/mol. The molecule has 2 rings (SSSR count). The number of aryl methyl sites for hydroxylation is 1. The number of aliphatic hydroxyl groups is 1. The summed E-state index contributed by atoms with van der Waals surface area (Å²) in [5, 5.41) is 18.9. The number of nitrogens with zero attached hydrogens (tertiary/aromatic N) is 2. The molecule has 116 valence electrons. The number of aliphatic carboxylic acids is 1. The molecule has 0 radical (unpaired) electrons. The number of carbonyl (C=O) groups is 2. The van der Waals surface area contributed by atoms with E-state index in [4.69, 9.17) is 5.11 Å². The van der Waals surface area contributed by atoms with Crippen LogP contribution in [0.5, 0.6) is 0 Å². The van der Waals surface area contributed by atoms with Crippen LogP contribution in [0.4, 0.5) is 0 Å². The van der Waals surface area contributed by atoms with Gasteiger partial charge in [-0.15, -0.1) is 0 Å². The molecule has 6 heteroatoms. The van der Waals surface area contributed by atoms with Gasteiger partial charge in [-0.25, -0.2) is 4.79 Å². The summed E-state index contributed by atoms with van der Waals surface area (Å²) in [7, 11) is 0. The maximum Gasteiger partial charge on any atom is 0.335 e. The van der Waals surface area contributed by atoms with Gasteiger partial charge in [0.1, 0.15) is 0 Å². The van der Waals surface area contributed by atoms with Crippen molar-refractivity contribution in [2.45, 2.75) is 45.8 Å². The second-order valence-electron chi connectivity index (χ2n) is 5.66. The number of piperidine rings is 1. The monoisotopic (exact) mass is 294 g/mol. The van der Waals surface area contributed by atoms with Gasteiger partial charge in [0.15, 0.2) is 5.60 Å². The lowest BCUT2D eigenvalue weighted by atomic mass is 9.91. The van der Waals surface area contributed by atoms with Crippen LogP contribution in [0.3, 0.4) is 0 Å². The Morgan fingerprint density at radius 3 is 2.29 bits per heavy atom. The zero-order valence-corrected chi connectivity index (χ0v) is 12.7. The fraction of sp³-hybridized carbons (Fsp3) is 0.600. The Morgan fingerprint density at radius 1 is 1.29 bits per heavy atom. The Hall–Kier alpha value is -1.82. The number of hydrogen-bond acceptors (Lipinski definition) is 3. The van der Waals surface area contributed by atoms with E-state index in [9.17, 15) is 14.7 Å². The van der Waals surface area contributed by atoms with Crippen molar-refractivity contribution in [2.75, 3.05) is 13.1 Å². The van der Waals surface area contributed by atoms with Crippen molar-refractivity contribution in [1.29, 1.82) is 0 Å². The first-order valence-corrected chi connectivity index (χ1v) is 7.22. The van der Waals surface area contributed by atoms with Gasteiger partial charge in [-0.1, -0.05) is 0 Å². The first-order chi connectivity index (χ1) is 9.80. The summed E-state index contributed by atoms with van der Waals surface area (Å²) in [6.45, 7) is 7.24. The summed E-state index contributed by atoms with van der Waals surface area (Å²) in [5.41, 5.74) is 0.934. The first-order valence-electron chi connectivity index (χ1n) is 7.22. The van der Waals surface area contributed by atoms with Crippen LogP contribution in [-0.2, 0) is 11.3 Å². The number of carboxylic acids is 1. The van der Waals surface area contributed by atoms with Crippen LogP contribution in [0.1, 0.15) is 41.5 Å². The van der Waals surface area contributed by atoms with Crippen molar-refractivity contribution >= 4 is 11.9 Å². The number of likely N-dealkylation sites (tertiary alicyclic amines) is 1. The molecule has 0 unspecified atom stereocenters. The van der Waals surface area contributed by atoms with Crippen LogP contribution in [0, 0.1) is 13.8 Å². The number of carboxylic acid groups (broad SMARTS) is 1. The minimum Gasteiger partial charge on any atom is -0.479 e. The van der Waals surface area contributed by atoms with Gasteiger partial charge in [0.05, 0.1) is 5.56 Å². The number of carbonyl (C=O) groups excluding carboxylic acids is 1. The summed E-state index contributed by atoms with van der Waals surface area (Å²) in [6.07, 6.45) is 0.140. The van der Waals surface area contributed by atoms with Gasteiger partial charge in [-0.2, -0.15) is 0 Å². The van der Waals surface area contributed by atoms with Gasteiger partial charge >= 0.3 is 5.97 Å². The lowest BCUT2D eigenvalue weighted by Crippen LogP contribution is -2.50. The molecule has 1 fully saturated rings. The molecule has 1 aliphatic heterocycles. The van der Waals surface area contributed by atoms with Crippen molar-refractivity contribution in [3.05, 3.63) is 23.0 Å². The van der Waals surface area contributed by atoms with Gasteiger partial charge in [-0.3, -0.25) is 4.79 Å². The van der Waals surface area contributed by atoms with E-state index in [1.165, 1.54) is 0 Å². The van der Waals surface area contributed by atoms with Gasteiger partial charge in [0, 0.05) is 43.9 Å². The van der Waals surface area contributed by atoms with Crippen molar-refractivity contribution in [2.24, 2.45) is 0 Å². The second kappa shape index (κ2) is 5.52. The SMILES string of the molecule is CCn1c(C)cc(C(=O)N2CCC(O)(C(=O)O)CC2)c1C. The maximum absolute atomic E-state index is 12.6. The maximum atomic E-state index is 12.6. The van der Waals surface area contributed by atoms with Crippen molar-refractivity contribution in [3.8, 4) is 0 Å². The molecule has 6 nitrogen and oxygen atoms in total. The number of rotatable bonds is 3. The van der Waals surface area contributed by atoms with Gasteiger partial charge in [-0.05, 0) is 26.8 Å². The van der Waals surface area contributed by atoms with Gasteiger partial charge < -0.3 is 19.7 Å². The lowest BCUT2D eigenvalue weighted by molar-refractivity contribution is -0.162. The van der Waals surface area contributed by atoms with Crippen LogP contribution in [0.15, 0.2) is 6.07 Å². The lowest BCUT2D eigenvalue weighted by Gasteiger charge is -2.35. The Morgan fingerprint density at radius 2 is 1.86 bits per heavy atom. The highest BCUT2D eigenvalue weighted by Crippen LogP contribution is 2.25. The molecule has 1 aromatic heterocycles. The fourth-order valence-electron chi connectivity index (χ4n) is 2.97. The van der Waals surface area contributed by atoms with Crippen LogP contribution in [0.25, 0.3) is 0 Å². The Bertz CT molecular complexity index is 568. The van der Waals surface area contributed by atoms with E-state index in [2.05, 4.69) is 4.57 Å². The minimum atomic E-state index is -1.70. The smallest absolute Gasteiger partial charge is 0.335 e. The minimum absolute atomic E-state index is 0.0700. The highest BCUT2D eigenvalue weighted by molar-refractivity contribution is 5.96. The molecule has 0 aliphatic carbocycles. The quantitative estimate of drug-likeness (QED) is 0.877. The van der Waals surface area contributed by atoms with Crippen LogP contribution in [0.2, 0.25) is 0 Å². The van der Waals surface area contributed by atoms with E-state index in [0.29, 0.717) is 5.56 Å². The largest absolute Gasteiger partial charge is 0.479 e. The highest BCUT2D eigenvalue weighted by Gasteiger charge is 2.40. The third-order valence-electron chi connectivity index (χ3n) is 4.40. The number of hydrogen-bond donors (Lipinski definition) is 2. The molecule has 0 saturated carbocycles. The summed E-state index contributed by atoms with van der Waals surface area (Å²) < 4.78 is 2.07. The van der Waals surface area contributed by atoms with Crippen LogP contribution in [-0.4, -0.2) is 50.2 Å². The van der Waals surface area contributed by atoms with E-state index in [0.717, 1.165) is 17.9 Å². The molecular formula is C15H22N2O4. The predicted octanol–water partition coefficient (Wildman–Crippen LogP) is 1.18. The molecule has 0 atom stereocenters. The molecule has 0 spiro atoms. The molecule has 1 amide bonds. The van der Waals surface area contributed by atoms with E-state index >= 15 is 0 Å². The zero-order chi connectivity index (χ0) is 15.8. The second-order valence-corrected chi connectivity index (χ2v) is 5.66. The summed E-state index contributed by atoms with van der Waals surface area (Å²) >= 11 is 0. The number of amides is 1. The normalized spacial score (nSPS) is 17.8. The third-order valence-corrected chi connectivity index (χ3v) is 4.40. The van der Waals surface area contributed by atoms with E-state index in [1.807, 2.05) is 26.8 Å². The molecule has 0 bridgehead atoms. The van der Waals surface area contributed by atoms with Crippen molar-refractivity contribution in [3.63, 3.8) is 0 Å². The summed E-state index contributed by atoms with van der Waals surface area (Å²) in [4.78, 5) is 25.2. The molecule has 1 aliphatic rings. The Labute approximate surface area is 124 Å². The van der Waals surface area contributed by atoms with Crippen LogP contribution < -0.4 is 0 Å². The Balaban J connectivity index is 2.14. The van der Waals surface area contributed by atoms with Gasteiger partial charge in [0.25, 0.3) is 5.91 Å². The standard InChI is InChI=1S/C15H22N2O4/c1-4-17-10(2)9-12(11(17)3)13(18)16-7-5-15(21,6-8-16)14(19)20/h9,21H,4-8H2,1-3H3,(H,19,20). The first kappa shape index (κ1) is 15.6. The number of aromatic nitrogens is 1. The van der Waals surface area contributed by atoms with E-state index in [-0.39, 0.29) is 31.8 Å². The molecule has 1 aromatic rings. The molecule has 21 heavy (non-hydrogen) atoms. The van der Waals surface area contributed by atoms with E-state index in [1.54, 1.807) is 4.90 Å². The Kier molecular flexibility index (Phi) is 4.09. The average Bonchev–Trinajstić information content (AvgIpc) is 2.73. The highest BCUT2D eigenvalue weighted by atomic mass is 16.4. The average molecular weight is 294 g/mol. The van der Waals surface area contributed by atoms with Crippen LogP contribution >= 0.6 is 0 Å². The molecule has 0 aromatic carbocycles. The zero-order valence-electron chi connectivity index (χ0n) is 12.7. The fourth-order valence-corrected chi connectivity index (χ4v) is 2.97. The van der Waals surface area contributed by atoms with Gasteiger partial charge in [0.2, 0.25) is 0 Å². The van der Waals surface area contributed by atoms with Crippen molar-refractivity contribution in [1.82, 2.24) is 9.47 Å². The predicted molar refractivity (Wildman–Crippen MR) is 77.3 cm³/mol. The third kappa shape index (κ3) is 2.68. The summed E-state index contributed by atoms with van der Waals surface area (Å²) in [6, 6.07) is 1.87.